The highest BCUT2D eigenvalue weighted by molar-refractivity contribution is 6.20. The van der Waals surface area contributed by atoms with Gasteiger partial charge < -0.3 is 5.32 Å². The minimum atomic E-state index is -0.296. The Morgan fingerprint density at radius 1 is 0.889 bits per heavy atom. The van der Waals surface area contributed by atoms with Crippen LogP contribution in [0.4, 0.5) is 11.4 Å². The number of carbonyl (C=O) groups excluding carboxylic acids is 3. The van der Waals surface area contributed by atoms with Gasteiger partial charge in [0.1, 0.15) is 6.33 Å². The number of nitrogens with zero attached hydrogens (tertiary/aromatic N) is 5. The highest BCUT2D eigenvalue weighted by atomic mass is 16.2. The second-order valence-corrected chi connectivity index (χ2v) is 5.93. The van der Waals surface area contributed by atoms with E-state index in [1.165, 1.54) is 11.0 Å². The van der Waals surface area contributed by atoms with E-state index in [-0.39, 0.29) is 30.6 Å². The van der Waals surface area contributed by atoms with E-state index in [0.29, 0.717) is 16.9 Å². The molecular formula is C18H14N6O3. The van der Waals surface area contributed by atoms with Gasteiger partial charge in [-0.3, -0.25) is 19.3 Å². The van der Waals surface area contributed by atoms with Crippen molar-refractivity contribution in [3.8, 4) is 5.69 Å². The minimum Gasteiger partial charge on any atom is -0.322 e. The Labute approximate surface area is 153 Å². The highest BCUT2D eigenvalue weighted by Gasteiger charge is 2.30. The van der Waals surface area contributed by atoms with E-state index in [1.807, 2.05) is 0 Å². The Balaban J connectivity index is 1.45. The van der Waals surface area contributed by atoms with Gasteiger partial charge in [0.05, 0.1) is 11.4 Å². The van der Waals surface area contributed by atoms with E-state index in [2.05, 4.69) is 20.8 Å². The molecule has 0 radical (unpaired) electrons. The van der Waals surface area contributed by atoms with Gasteiger partial charge in [-0.15, -0.1) is 5.10 Å². The molecule has 3 aromatic rings. The Hall–Kier alpha value is -3.88. The summed E-state index contributed by atoms with van der Waals surface area (Å²) in [4.78, 5) is 37.1. The molecule has 1 N–H and O–H groups in total. The third kappa shape index (κ3) is 3.30. The quantitative estimate of drug-likeness (QED) is 0.706. The van der Waals surface area contributed by atoms with Crippen molar-refractivity contribution in [2.24, 2.45) is 0 Å². The van der Waals surface area contributed by atoms with Crippen molar-refractivity contribution in [1.29, 1.82) is 0 Å². The maximum Gasteiger partial charge on any atom is 0.255 e. The topological polar surface area (TPSA) is 110 Å². The Bertz CT molecular complexity index is 981. The van der Waals surface area contributed by atoms with Crippen LogP contribution < -0.4 is 10.2 Å². The third-order valence-electron chi connectivity index (χ3n) is 4.18. The summed E-state index contributed by atoms with van der Waals surface area (Å²) in [5.74, 6) is -0.740. The average Bonchev–Trinajstić information content (AvgIpc) is 3.33. The third-order valence-corrected chi connectivity index (χ3v) is 4.18. The summed E-state index contributed by atoms with van der Waals surface area (Å²) >= 11 is 0. The van der Waals surface area contributed by atoms with Crippen LogP contribution in [0.25, 0.3) is 5.69 Å². The molecule has 1 aliphatic rings. The van der Waals surface area contributed by atoms with Crippen molar-refractivity contribution in [3.05, 3.63) is 60.4 Å². The minimum absolute atomic E-state index is 0.222. The van der Waals surface area contributed by atoms with Crippen LogP contribution in [-0.4, -0.2) is 37.9 Å². The first kappa shape index (κ1) is 16.6. The van der Waals surface area contributed by atoms with Crippen LogP contribution in [0, 0.1) is 0 Å². The molecule has 1 aromatic heterocycles. The molecule has 9 heteroatoms. The predicted octanol–water partition coefficient (Wildman–Crippen LogP) is 1.57. The first-order valence-corrected chi connectivity index (χ1v) is 8.22. The lowest BCUT2D eigenvalue weighted by atomic mass is 10.1. The summed E-state index contributed by atoms with van der Waals surface area (Å²) < 4.78 is 1.51. The second kappa shape index (κ2) is 6.79. The molecule has 2 aromatic carbocycles. The number of nitrogens with one attached hydrogen (secondary N) is 1. The number of tetrazole rings is 1. The van der Waals surface area contributed by atoms with Gasteiger partial charge in [-0.1, -0.05) is 0 Å². The Morgan fingerprint density at radius 2 is 1.52 bits per heavy atom. The molecule has 0 bridgehead atoms. The van der Waals surface area contributed by atoms with Crippen LogP contribution in [-0.2, 0) is 9.59 Å². The molecule has 4 rings (SSSR count). The molecule has 1 saturated heterocycles. The monoisotopic (exact) mass is 362 g/mol. The van der Waals surface area contributed by atoms with E-state index >= 15 is 0 Å². The zero-order chi connectivity index (χ0) is 18.8. The zero-order valence-corrected chi connectivity index (χ0v) is 14.1. The Kier molecular flexibility index (Phi) is 4.17. The number of rotatable bonds is 4. The van der Waals surface area contributed by atoms with Crippen LogP contribution >= 0.6 is 0 Å². The van der Waals surface area contributed by atoms with Gasteiger partial charge in [0.25, 0.3) is 5.91 Å². The SMILES string of the molecule is O=C(Nc1ccc(-n2cnnn2)cc1)c1ccc(N2C(=O)CCC2=O)cc1. The number of carbonyl (C=O) groups is 3. The highest BCUT2D eigenvalue weighted by Crippen LogP contribution is 2.23. The molecule has 0 unspecified atom stereocenters. The first-order valence-electron chi connectivity index (χ1n) is 8.22. The van der Waals surface area contributed by atoms with Gasteiger partial charge >= 0.3 is 0 Å². The normalized spacial score (nSPS) is 13.9. The number of imide groups is 1. The molecular weight excluding hydrogens is 348 g/mol. The van der Waals surface area contributed by atoms with E-state index in [4.69, 9.17) is 0 Å². The largest absolute Gasteiger partial charge is 0.322 e. The number of anilines is 2. The summed E-state index contributed by atoms with van der Waals surface area (Å²) in [6, 6.07) is 13.4. The van der Waals surface area contributed by atoms with Gasteiger partial charge in [-0.25, -0.2) is 4.68 Å². The molecule has 0 atom stereocenters. The van der Waals surface area contributed by atoms with E-state index in [9.17, 15) is 14.4 Å². The molecule has 0 saturated carbocycles. The van der Waals surface area contributed by atoms with Crippen molar-refractivity contribution in [1.82, 2.24) is 20.2 Å². The molecule has 0 spiro atoms. The number of benzene rings is 2. The average molecular weight is 362 g/mol. The summed E-state index contributed by atoms with van der Waals surface area (Å²) in [5, 5.41) is 13.7. The van der Waals surface area contributed by atoms with Crippen LogP contribution in [0.3, 0.4) is 0 Å². The number of hydrogen-bond acceptors (Lipinski definition) is 6. The molecule has 9 nitrogen and oxygen atoms in total. The van der Waals surface area contributed by atoms with Crippen LogP contribution in [0.15, 0.2) is 54.9 Å². The van der Waals surface area contributed by atoms with Crippen molar-refractivity contribution in [3.63, 3.8) is 0 Å². The molecule has 1 fully saturated rings. The number of hydrogen-bond donors (Lipinski definition) is 1. The lowest BCUT2D eigenvalue weighted by Crippen LogP contribution is -2.28. The summed E-state index contributed by atoms with van der Waals surface area (Å²) in [6.45, 7) is 0. The van der Waals surface area contributed by atoms with E-state index < -0.39 is 0 Å². The smallest absolute Gasteiger partial charge is 0.255 e. The summed E-state index contributed by atoms with van der Waals surface area (Å²) in [7, 11) is 0. The van der Waals surface area contributed by atoms with Gasteiger partial charge in [-0.2, -0.15) is 0 Å². The lowest BCUT2D eigenvalue weighted by molar-refractivity contribution is -0.121. The summed E-state index contributed by atoms with van der Waals surface area (Å²) in [5.41, 5.74) is 2.28. The van der Waals surface area contributed by atoms with Gasteiger partial charge in [0.15, 0.2) is 0 Å². The molecule has 2 heterocycles. The van der Waals surface area contributed by atoms with E-state index in [0.717, 1.165) is 10.6 Å². The van der Waals surface area contributed by atoms with Crippen molar-refractivity contribution in [2.75, 3.05) is 10.2 Å². The molecule has 0 aliphatic carbocycles. The van der Waals surface area contributed by atoms with E-state index in [1.54, 1.807) is 48.5 Å². The lowest BCUT2D eigenvalue weighted by Gasteiger charge is -2.14. The van der Waals surface area contributed by atoms with Crippen LogP contribution in [0.5, 0.6) is 0 Å². The molecule has 134 valence electrons. The summed E-state index contributed by atoms with van der Waals surface area (Å²) in [6.07, 6.45) is 1.93. The fourth-order valence-electron chi connectivity index (χ4n) is 2.81. The fourth-order valence-corrected chi connectivity index (χ4v) is 2.81. The predicted molar refractivity (Wildman–Crippen MR) is 95.3 cm³/mol. The standard InChI is InChI=1S/C18H14N6O3/c25-16-9-10-17(26)24(16)15-5-1-12(2-6-15)18(27)20-13-3-7-14(8-4-13)23-11-19-21-22-23/h1-8,11H,9-10H2,(H,20,27). The molecule has 27 heavy (non-hydrogen) atoms. The first-order chi connectivity index (χ1) is 13.1. The maximum atomic E-state index is 12.4. The fraction of sp³-hybridized carbons (Fsp3) is 0.111. The molecule has 1 aliphatic heterocycles. The Morgan fingerprint density at radius 3 is 2.11 bits per heavy atom. The second-order valence-electron chi connectivity index (χ2n) is 5.93. The van der Waals surface area contributed by atoms with Gasteiger partial charge in [-0.05, 0) is 59.0 Å². The van der Waals surface area contributed by atoms with Crippen LogP contribution in [0.2, 0.25) is 0 Å². The maximum absolute atomic E-state index is 12.4. The van der Waals surface area contributed by atoms with Gasteiger partial charge in [0, 0.05) is 24.1 Å². The van der Waals surface area contributed by atoms with Crippen LogP contribution in [0.1, 0.15) is 23.2 Å². The number of amides is 3. The number of aromatic nitrogens is 4. The van der Waals surface area contributed by atoms with Crippen molar-refractivity contribution < 1.29 is 14.4 Å². The van der Waals surface area contributed by atoms with Crippen molar-refractivity contribution in [2.45, 2.75) is 12.8 Å². The van der Waals surface area contributed by atoms with Gasteiger partial charge in [0.2, 0.25) is 11.8 Å². The van der Waals surface area contributed by atoms with Crippen molar-refractivity contribution >= 4 is 29.1 Å². The molecule has 3 amide bonds. The zero-order valence-electron chi connectivity index (χ0n) is 14.1.